The first-order chi connectivity index (χ1) is 15.2. The van der Waals surface area contributed by atoms with E-state index in [0.717, 1.165) is 12.0 Å². The number of carboxylic acids is 1. The summed E-state index contributed by atoms with van der Waals surface area (Å²) < 4.78 is 1.21. The van der Waals surface area contributed by atoms with E-state index in [2.05, 4.69) is 16.7 Å². The van der Waals surface area contributed by atoms with Gasteiger partial charge in [0.25, 0.3) is 5.56 Å². The average molecular weight is 435 g/mol. The lowest BCUT2D eigenvalue weighted by Gasteiger charge is -2.19. The number of aromatic hydroxyl groups is 1. The predicted octanol–water partition coefficient (Wildman–Crippen LogP) is 3.33. The molecule has 0 aliphatic rings. The van der Waals surface area contributed by atoms with E-state index in [0.29, 0.717) is 5.56 Å². The van der Waals surface area contributed by atoms with E-state index >= 15 is 0 Å². The minimum atomic E-state index is -1.09. The van der Waals surface area contributed by atoms with Crippen LogP contribution in [0.25, 0.3) is 0 Å². The van der Waals surface area contributed by atoms with Crippen molar-refractivity contribution in [3.8, 4) is 5.75 Å². The van der Waals surface area contributed by atoms with Crippen LogP contribution in [0.1, 0.15) is 34.7 Å². The summed E-state index contributed by atoms with van der Waals surface area (Å²) in [6.07, 6.45) is 1.76. The van der Waals surface area contributed by atoms with E-state index in [1.54, 1.807) is 12.1 Å². The normalized spacial score (nSPS) is 11.6. The minimum absolute atomic E-state index is 0.282. The first-order valence-corrected chi connectivity index (χ1v) is 10.1. The molecule has 8 heteroatoms. The molecule has 0 saturated heterocycles. The first kappa shape index (κ1) is 22.6. The fourth-order valence-electron chi connectivity index (χ4n) is 3.37. The van der Waals surface area contributed by atoms with Gasteiger partial charge in [-0.2, -0.15) is 0 Å². The van der Waals surface area contributed by atoms with Gasteiger partial charge in [-0.3, -0.25) is 9.59 Å². The first-order valence-electron chi connectivity index (χ1n) is 10.1. The molecule has 0 bridgehead atoms. The number of rotatable bonds is 7. The number of aromatic nitrogens is 1. The number of aliphatic carboxylic acids is 1. The molecule has 1 heterocycles. The zero-order valence-corrected chi connectivity index (χ0v) is 17.8. The molecule has 1 aromatic heterocycles. The summed E-state index contributed by atoms with van der Waals surface area (Å²) in [6, 6.07) is 15.1. The number of amides is 2. The molecule has 0 spiro atoms. The van der Waals surface area contributed by atoms with Crippen LogP contribution < -0.4 is 16.2 Å². The van der Waals surface area contributed by atoms with E-state index in [1.165, 1.54) is 35.0 Å². The second-order valence-corrected chi connectivity index (χ2v) is 7.59. The third kappa shape index (κ3) is 5.54. The van der Waals surface area contributed by atoms with Gasteiger partial charge in [-0.1, -0.05) is 48.5 Å². The largest absolute Gasteiger partial charge is 0.505 e. The maximum absolute atomic E-state index is 12.5. The van der Waals surface area contributed by atoms with Gasteiger partial charge < -0.3 is 25.4 Å². The highest BCUT2D eigenvalue weighted by atomic mass is 16.4. The number of carbonyl (C=O) groups is 2. The van der Waals surface area contributed by atoms with Crippen LogP contribution in [0.2, 0.25) is 0 Å². The fraction of sp³-hybridized carbons (Fsp3) is 0.208. The van der Waals surface area contributed by atoms with Crippen LogP contribution >= 0.6 is 0 Å². The number of pyridine rings is 1. The third-order valence-corrected chi connectivity index (χ3v) is 5.21. The van der Waals surface area contributed by atoms with Gasteiger partial charge in [0.15, 0.2) is 5.69 Å². The van der Waals surface area contributed by atoms with Crippen molar-refractivity contribution in [2.75, 3.05) is 5.32 Å². The van der Waals surface area contributed by atoms with Crippen LogP contribution in [0.5, 0.6) is 5.75 Å². The average Bonchev–Trinajstić information content (AvgIpc) is 2.75. The molecular formula is C24H25N3O5. The van der Waals surface area contributed by atoms with Gasteiger partial charge in [0.05, 0.1) is 12.5 Å². The van der Waals surface area contributed by atoms with E-state index < -0.39 is 23.6 Å². The molecule has 0 radical (unpaired) electrons. The molecule has 4 N–H and O–H groups in total. The zero-order valence-electron chi connectivity index (χ0n) is 17.8. The smallest absolute Gasteiger partial charge is 0.319 e. The molecular weight excluding hydrogens is 410 g/mol. The number of carbonyl (C=O) groups excluding carboxylic acids is 1. The van der Waals surface area contributed by atoms with Crippen LogP contribution in [0.3, 0.4) is 0 Å². The van der Waals surface area contributed by atoms with Gasteiger partial charge in [-0.15, -0.1) is 0 Å². The Morgan fingerprint density at radius 3 is 2.41 bits per heavy atom. The van der Waals surface area contributed by atoms with Gasteiger partial charge in [0.2, 0.25) is 0 Å². The molecule has 0 fully saturated rings. The Labute approximate surface area is 185 Å². The number of nitrogens with one attached hydrogen (secondary N) is 2. The molecule has 0 aliphatic carbocycles. The van der Waals surface area contributed by atoms with Gasteiger partial charge >= 0.3 is 12.0 Å². The molecule has 32 heavy (non-hydrogen) atoms. The number of nitrogens with zero attached hydrogens (tertiary/aromatic N) is 1. The van der Waals surface area contributed by atoms with Crippen molar-refractivity contribution in [3.63, 3.8) is 0 Å². The van der Waals surface area contributed by atoms with Crippen molar-refractivity contribution in [2.24, 2.45) is 7.05 Å². The Morgan fingerprint density at radius 2 is 1.75 bits per heavy atom. The Balaban J connectivity index is 1.76. The SMILES string of the molecule is Cc1ccccc1Cc1ccc(C(CC(=O)O)NC(=O)Nc2c(O)ccn(C)c2=O)cc1. The summed E-state index contributed by atoms with van der Waals surface area (Å²) in [6.45, 7) is 2.05. The minimum Gasteiger partial charge on any atom is -0.505 e. The maximum atomic E-state index is 12.5. The summed E-state index contributed by atoms with van der Waals surface area (Å²) in [5.74, 6) is -1.46. The van der Waals surface area contributed by atoms with Crippen LogP contribution in [0.4, 0.5) is 10.5 Å². The topological polar surface area (TPSA) is 121 Å². The number of hydrogen-bond donors (Lipinski definition) is 4. The quantitative estimate of drug-likeness (QED) is 0.454. The highest BCUT2D eigenvalue weighted by molar-refractivity contribution is 5.91. The van der Waals surface area contributed by atoms with Crippen molar-refractivity contribution in [1.82, 2.24) is 9.88 Å². The second-order valence-electron chi connectivity index (χ2n) is 7.59. The van der Waals surface area contributed by atoms with E-state index in [9.17, 15) is 24.6 Å². The Hall–Kier alpha value is -4.07. The summed E-state index contributed by atoms with van der Waals surface area (Å²) >= 11 is 0. The summed E-state index contributed by atoms with van der Waals surface area (Å²) in [4.78, 5) is 36.0. The molecule has 2 aromatic carbocycles. The predicted molar refractivity (Wildman–Crippen MR) is 121 cm³/mol. The van der Waals surface area contributed by atoms with Crippen molar-refractivity contribution in [1.29, 1.82) is 0 Å². The van der Waals surface area contributed by atoms with Crippen LogP contribution in [-0.2, 0) is 18.3 Å². The van der Waals surface area contributed by atoms with Crippen molar-refractivity contribution in [3.05, 3.63) is 93.4 Å². The Morgan fingerprint density at radius 1 is 1.06 bits per heavy atom. The fourth-order valence-corrected chi connectivity index (χ4v) is 3.37. The van der Waals surface area contributed by atoms with E-state index in [1.807, 2.05) is 37.3 Å². The molecule has 0 saturated carbocycles. The number of aryl methyl sites for hydroxylation is 2. The highest BCUT2D eigenvalue weighted by Gasteiger charge is 2.20. The third-order valence-electron chi connectivity index (χ3n) is 5.21. The summed E-state index contributed by atoms with van der Waals surface area (Å²) in [5.41, 5.74) is 3.18. The lowest BCUT2D eigenvalue weighted by Crippen LogP contribution is -2.35. The van der Waals surface area contributed by atoms with Gasteiger partial charge in [-0.25, -0.2) is 4.79 Å². The molecule has 1 atom stereocenters. The molecule has 3 rings (SSSR count). The number of anilines is 1. The molecule has 2 amide bonds. The molecule has 1 unspecified atom stereocenters. The van der Waals surface area contributed by atoms with Gasteiger partial charge in [-0.05, 0) is 41.7 Å². The van der Waals surface area contributed by atoms with Gasteiger partial charge in [0.1, 0.15) is 5.75 Å². The highest BCUT2D eigenvalue weighted by Crippen LogP contribution is 2.21. The molecule has 8 nitrogen and oxygen atoms in total. The molecule has 3 aromatic rings. The van der Waals surface area contributed by atoms with Crippen LogP contribution in [0.15, 0.2) is 65.6 Å². The van der Waals surface area contributed by atoms with Crippen molar-refractivity contribution >= 4 is 17.7 Å². The summed E-state index contributed by atoms with van der Waals surface area (Å²) in [7, 11) is 1.48. The number of urea groups is 1. The number of benzene rings is 2. The monoisotopic (exact) mass is 435 g/mol. The van der Waals surface area contributed by atoms with Crippen molar-refractivity contribution < 1.29 is 19.8 Å². The van der Waals surface area contributed by atoms with Crippen molar-refractivity contribution in [2.45, 2.75) is 25.8 Å². The van der Waals surface area contributed by atoms with E-state index in [-0.39, 0.29) is 17.9 Å². The Kier molecular flexibility index (Phi) is 6.94. The Bertz CT molecular complexity index is 1180. The zero-order chi connectivity index (χ0) is 23.3. The molecule has 0 aliphatic heterocycles. The number of hydrogen-bond acceptors (Lipinski definition) is 4. The molecule has 166 valence electrons. The second kappa shape index (κ2) is 9.82. The lowest BCUT2D eigenvalue weighted by atomic mass is 9.97. The lowest BCUT2D eigenvalue weighted by molar-refractivity contribution is -0.137. The standard InChI is InChI=1S/C24H25N3O5/c1-15-5-3-4-6-18(15)13-16-7-9-17(10-8-16)19(14-21(29)30)25-24(32)26-22-20(28)11-12-27(2)23(22)31/h3-12,19,28H,13-14H2,1-2H3,(H,29,30)(H2,25,26,32). The van der Waals surface area contributed by atoms with Gasteiger partial charge in [0, 0.05) is 13.2 Å². The van der Waals surface area contributed by atoms with Crippen LogP contribution in [-0.4, -0.2) is 26.8 Å². The summed E-state index contributed by atoms with van der Waals surface area (Å²) in [5, 5.41) is 24.1. The van der Waals surface area contributed by atoms with Crippen LogP contribution in [0, 0.1) is 6.92 Å². The maximum Gasteiger partial charge on any atom is 0.319 e. The van der Waals surface area contributed by atoms with E-state index in [4.69, 9.17) is 0 Å². The number of carboxylic acid groups (broad SMARTS) is 1.